The van der Waals surface area contributed by atoms with Crippen molar-refractivity contribution in [2.45, 2.75) is 16.7 Å². The molecule has 37 heavy (non-hydrogen) atoms. The maximum atomic E-state index is 13.8. The van der Waals surface area contributed by atoms with Crippen LogP contribution in [0.1, 0.15) is 34.1 Å². The summed E-state index contributed by atoms with van der Waals surface area (Å²) >= 11 is 0. The average molecular weight is 508 g/mol. The van der Waals surface area contributed by atoms with E-state index < -0.39 is 22.0 Å². The van der Waals surface area contributed by atoms with Crippen molar-refractivity contribution >= 4 is 27.6 Å². The van der Waals surface area contributed by atoms with Crippen molar-refractivity contribution in [3.8, 4) is 5.75 Å². The number of nitrogens with zero attached hydrogens (tertiary/aromatic N) is 1. The molecular weight excluding hydrogens is 486 g/mol. The third-order valence-corrected chi connectivity index (χ3v) is 9.04. The zero-order valence-corrected chi connectivity index (χ0v) is 20.3. The molecule has 8 rings (SSSR count). The number of carbonyl (C=O) groups excluding carboxylic acids is 2. The molecule has 4 aliphatic rings. The summed E-state index contributed by atoms with van der Waals surface area (Å²) in [6, 6.07) is 30.1. The normalized spacial score (nSPS) is 23.4. The molecule has 2 atom stereocenters. The minimum absolute atomic E-state index is 0.0441. The Morgan fingerprint density at radius 3 is 1.46 bits per heavy atom. The fourth-order valence-corrected chi connectivity index (χ4v) is 7.30. The number of imide groups is 1. The van der Waals surface area contributed by atoms with Gasteiger partial charge in [0.15, 0.2) is 0 Å². The van der Waals surface area contributed by atoms with Gasteiger partial charge in [-0.15, -0.1) is 0 Å². The number of rotatable bonds is 4. The lowest BCUT2D eigenvalue weighted by molar-refractivity contribution is -0.122. The molecule has 3 aliphatic carbocycles. The maximum Gasteiger partial charge on any atom is 0.339 e. The number of anilines is 1. The molecule has 182 valence electrons. The van der Waals surface area contributed by atoms with E-state index in [2.05, 4.69) is 24.3 Å². The molecule has 0 N–H and O–H groups in total. The van der Waals surface area contributed by atoms with Crippen LogP contribution in [-0.2, 0) is 19.7 Å². The van der Waals surface area contributed by atoms with Gasteiger partial charge in [0.05, 0.1) is 17.5 Å². The van der Waals surface area contributed by atoms with Crippen LogP contribution in [0.4, 0.5) is 5.69 Å². The van der Waals surface area contributed by atoms with E-state index in [4.69, 9.17) is 4.18 Å². The van der Waals surface area contributed by atoms with Crippen molar-refractivity contribution in [3.63, 3.8) is 0 Å². The van der Waals surface area contributed by atoms with Crippen LogP contribution in [0.15, 0.2) is 108 Å². The number of carbonyl (C=O) groups is 2. The summed E-state index contributed by atoms with van der Waals surface area (Å²) in [5.74, 6) is -1.65. The van der Waals surface area contributed by atoms with Gasteiger partial charge < -0.3 is 4.18 Å². The van der Waals surface area contributed by atoms with Gasteiger partial charge in [0, 0.05) is 11.8 Å². The summed E-state index contributed by atoms with van der Waals surface area (Å²) in [5.41, 5.74) is 4.87. The first-order valence-electron chi connectivity index (χ1n) is 12.1. The van der Waals surface area contributed by atoms with Gasteiger partial charge in [-0.1, -0.05) is 66.7 Å². The van der Waals surface area contributed by atoms with E-state index in [0.29, 0.717) is 5.69 Å². The fraction of sp³-hybridized carbons (Fsp3) is 0.133. The van der Waals surface area contributed by atoms with E-state index in [-0.39, 0.29) is 34.3 Å². The van der Waals surface area contributed by atoms with E-state index >= 15 is 0 Å². The third-order valence-electron chi connectivity index (χ3n) is 7.78. The summed E-state index contributed by atoms with van der Waals surface area (Å²) in [6.07, 6.45) is 0. The Bertz CT molecular complexity index is 1570. The topological polar surface area (TPSA) is 80.8 Å². The third kappa shape index (κ3) is 3.13. The zero-order valence-electron chi connectivity index (χ0n) is 19.5. The molecule has 1 aliphatic heterocycles. The molecule has 2 amide bonds. The number of benzene rings is 4. The summed E-state index contributed by atoms with van der Waals surface area (Å²) in [5, 5.41) is 0. The SMILES string of the molecule is O=C1[C@@H]2C3c4ccccc4C(c4ccccc43)[C@H]2C(=O)N1c1ccc(OS(=O)(=O)c2ccccc2)cc1. The first-order valence-corrected chi connectivity index (χ1v) is 13.5. The number of hydrogen-bond acceptors (Lipinski definition) is 5. The quantitative estimate of drug-likeness (QED) is 0.291. The van der Waals surface area contributed by atoms with Crippen LogP contribution < -0.4 is 9.08 Å². The molecule has 0 aromatic heterocycles. The van der Waals surface area contributed by atoms with Crippen molar-refractivity contribution in [2.75, 3.05) is 4.90 Å². The van der Waals surface area contributed by atoms with Crippen LogP contribution in [0.5, 0.6) is 5.75 Å². The second-order valence-electron chi connectivity index (χ2n) is 9.62. The largest absolute Gasteiger partial charge is 0.379 e. The Morgan fingerprint density at radius 2 is 1.00 bits per heavy atom. The Labute approximate surface area is 214 Å². The lowest BCUT2D eigenvalue weighted by Crippen LogP contribution is -2.41. The van der Waals surface area contributed by atoms with Gasteiger partial charge in [-0.3, -0.25) is 9.59 Å². The lowest BCUT2D eigenvalue weighted by atomic mass is 9.55. The molecule has 4 aromatic carbocycles. The Kier molecular flexibility index (Phi) is 4.69. The predicted molar refractivity (Wildman–Crippen MR) is 137 cm³/mol. The van der Waals surface area contributed by atoms with Crippen molar-refractivity contribution in [1.29, 1.82) is 0 Å². The molecule has 4 aromatic rings. The van der Waals surface area contributed by atoms with Gasteiger partial charge in [0.25, 0.3) is 0 Å². The summed E-state index contributed by atoms with van der Waals surface area (Å²) in [7, 11) is -4.00. The molecule has 1 fully saturated rings. The molecule has 0 radical (unpaired) electrons. The lowest BCUT2D eigenvalue weighted by Gasteiger charge is -2.45. The highest BCUT2D eigenvalue weighted by Gasteiger charge is 2.61. The highest BCUT2D eigenvalue weighted by Crippen LogP contribution is 2.61. The highest BCUT2D eigenvalue weighted by atomic mass is 32.2. The maximum absolute atomic E-state index is 13.8. The molecule has 0 spiro atoms. The van der Waals surface area contributed by atoms with Crippen LogP contribution >= 0.6 is 0 Å². The number of amides is 2. The van der Waals surface area contributed by atoms with Crippen molar-refractivity contribution in [3.05, 3.63) is 125 Å². The molecule has 7 heteroatoms. The first-order chi connectivity index (χ1) is 18.0. The summed E-state index contributed by atoms with van der Waals surface area (Å²) in [6.45, 7) is 0. The van der Waals surface area contributed by atoms with Gasteiger partial charge >= 0.3 is 10.1 Å². The minimum Gasteiger partial charge on any atom is -0.379 e. The molecule has 1 saturated heterocycles. The molecule has 2 bridgehead atoms. The van der Waals surface area contributed by atoms with Crippen LogP contribution in [0.3, 0.4) is 0 Å². The molecule has 0 saturated carbocycles. The molecule has 6 nitrogen and oxygen atoms in total. The average Bonchev–Trinajstić information content (AvgIpc) is 3.20. The Hall–Kier alpha value is -4.23. The van der Waals surface area contributed by atoms with Crippen LogP contribution in [0, 0.1) is 11.8 Å². The van der Waals surface area contributed by atoms with Crippen molar-refractivity contribution in [1.82, 2.24) is 0 Å². The van der Waals surface area contributed by atoms with Gasteiger partial charge in [-0.05, 0) is 58.7 Å². The highest BCUT2D eigenvalue weighted by molar-refractivity contribution is 7.87. The van der Waals surface area contributed by atoms with Crippen LogP contribution in [-0.4, -0.2) is 20.2 Å². The van der Waals surface area contributed by atoms with E-state index in [1.54, 1.807) is 30.3 Å². The van der Waals surface area contributed by atoms with Gasteiger partial charge in [-0.25, -0.2) is 4.90 Å². The monoisotopic (exact) mass is 507 g/mol. The van der Waals surface area contributed by atoms with Crippen LogP contribution in [0.25, 0.3) is 0 Å². The fourth-order valence-electron chi connectivity index (χ4n) is 6.34. The van der Waals surface area contributed by atoms with Crippen molar-refractivity contribution in [2.24, 2.45) is 11.8 Å². The van der Waals surface area contributed by atoms with Crippen molar-refractivity contribution < 1.29 is 22.2 Å². The standard InChI is InChI=1S/C30H21NO5S/c32-29-27-25-21-10-4-5-11-22(21)26(24-13-7-6-12-23(24)25)28(27)30(33)31(29)18-14-16-19(17-15-18)36-37(34,35)20-8-2-1-3-9-20/h1-17,25-28H/t25?,26?,27-,28-/m1/s1. The van der Waals surface area contributed by atoms with Gasteiger partial charge in [-0.2, -0.15) is 8.42 Å². The minimum atomic E-state index is -4.00. The summed E-state index contributed by atoms with van der Waals surface area (Å²) < 4.78 is 30.4. The Balaban J connectivity index is 1.24. The summed E-state index contributed by atoms with van der Waals surface area (Å²) in [4.78, 5) is 29.0. The predicted octanol–water partition coefficient (Wildman–Crippen LogP) is 4.85. The van der Waals surface area contributed by atoms with E-state index in [1.165, 1.54) is 29.2 Å². The van der Waals surface area contributed by atoms with E-state index in [1.807, 2.05) is 24.3 Å². The van der Waals surface area contributed by atoms with E-state index in [0.717, 1.165) is 22.3 Å². The Morgan fingerprint density at radius 1 is 0.568 bits per heavy atom. The van der Waals surface area contributed by atoms with Gasteiger partial charge in [0.2, 0.25) is 11.8 Å². The van der Waals surface area contributed by atoms with Gasteiger partial charge in [0.1, 0.15) is 10.6 Å². The smallest absolute Gasteiger partial charge is 0.339 e. The second kappa shape index (κ2) is 7.88. The zero-order chi connectivity index (χ0) is 25.3. The molecule has 0 unspecified atom stereocenters. The number of hydrogen-bond donors (Lipinski definition) is 0. The first kappa shape index (κ1) is 22.0. The molecule has 1 heterocycles. The second-order valence-corrected chi connectivity index (χ2v) is 11.2. The molecular formula is C30H21NO5S. The van der Waals surface area contributed by atoms with Crippen LogP contribution in [0.2, 0.25) is 0 Å². The van der Waals surface area contributed by atoms with E-state index in [9.17, 15) is 18.0 Å².